The van der Waals surface area contributed by atoms with Gasteiger partial charge >= 0.3 is 0 Å². The summed E-state index contributed by atoms with van der Waals surface area (Å²) in [6, 6.07) is 10.7. The van der Waals surface area contributed by atoms with Gasteiger partial charge in [-0.25, -0.2) is 0 Å². The highest BCUT2D eigenvalue weighted by atomic mass is 16.2. The summed E-state index contributed by atoms with van der Waals surface area (Å²) in [4.78, 5) is 48.7. The molecule has 3 N–H and O–H groups in total. The molecule has 2 atom stereocenters. The molecular formula is C31H41N5O3. The Kier molecular flexibility index (Phi) is 8.60. The molecule has 208 valence electrons. The van der Waals surface area contributed by atoms with Crippen LogP contribution in [0.5, 0.6) is 0 Å². The van der Waals surface area contributed by atoms with Crippen molar-refractivity contribution < 1.29 is 14.4 Å². The number of nitrogens with one attached hydrogen (secondary N) is 1. The molecule has 2 heterocycles. The van der Waals surface area contributed by atoms with Crippen LogP contribution >= 0.6 is 0 Å². The Morgan fingerprint density at radius 3 is 2.38 bits per heavy atom. The van der Waals surface area contributed by atoms with E-state index >= 15 is 0 Å². The predicted octanol–water partition coefficient (Wildman–Crippen LogP) is 3.55. The quantitative estimate of drug-likeness (QED) is 0.542. The number of nitrogens with zero attached hydrogens (tertiary/aromatic N) is 3. The van der Waals surface area contributed by atoms with Crippen LogP contribution in [0.25, 0.3) is 0 Å². The first kappa shape index (κ1) is 27.3. The number of pyridine rings is 1. The van der Waals surface area contributed by atoms with Crippen LogP contribution in [-0.2, 0) is 4.79 Å². The number of carbonyl (C=O) groups is 3. The van der Waals surface area contributed by atoms with Gasteiger partial charge in [0.1, 0.15) is 6.04 Å². The number of benzene rings is 1. The van der Waals surface area contributed by atoms with E-state index in [0.717, 1.165) is 50.6 Å². The topological polar surface area (TPSA) is 109 Å². The van der Waals surface area contributed by atoms with Gasteiger partial charge in [-0.1, -0.05) is 17.7 Å². The second kappa shape index (κ2) is 12.3. The van der Waals surface area contributed by atoms with E-state index in [1.807, 2.05) is 36.1 Å². The molecule has 0 spiro atoms. The molecule has 1 aliphatic heterocycles. The molecule has 5 rings (SSSR count). The van der Waals surface area contributed by atoms with Crippen molar-refractivity contribution in [3.8, 4) is 0 Å². The number of aryl methyl sites for hydroxylation is 1. The van der Waals surface area contributed by atoms with Gasteiger partial charge in [-0.2, -0.15) is 0 Å². The summed E-state index contributed by atoms with van der Waals surface area (Å²) < 4.78 is 0. The van der Waals surface area contributed by atoms with E-state index < -0.39 is 6.04 Å². The van der Waals surface area contributed by atoms with Gasteiger partial charge < -0.3 is 20.9 Å². The first-order valence-corrected chi connectivity index (χ1v) is 14.5. The molecule has 2 aliphatic carbocycles. The lowest BCUT2D eigenvalue weighted by Crippen LogP contribution is -2.58. The van der Waals surface area contributed by atoms with Gasteiger partial charge in [0.05, 0.1) is 5.56 Å². The zero-order chi connectivity index (χ0) is 27.4. The van der Waals surface area contributed by atoms with E-state index in [2.05, 4.69) is 10.3 Å². The van der Waals surface area contributed by atoms with Crippen LogP contribution in [0, 0.1) is 18.8 Å². The normalized spacial score (nSPS) is 25.1. The molecule has 8 heteroatoms. The van der Waals surface area contributed by atoms with Gasteiger partial charge in [0.15, 0.2) is 0 Å². The molecule has 1 aromatic heterocycles. The van der Waals surface area contributed by atoms with Crippen molar-refractivity contribution in [1.82, 2.24) is 20.1 Å². The maximum Gasteiger partial charge on any atom is 0.256 e. The number of hydrogen-bond donors (Lipinski definition) is 2. The number of nitrogens with two attached hydrogens (primary N) is 1. The van der Waals surface area contributed by atoms with Crippen molar-refractivity contribution in [2.45, 2.75) is 76.4 Å². The van der Waals surface area contributed by atoms with Crippen LogP contribution in [0.1, 0.15) is 77.6 Å². The first-order valence-electron chi connectivity index (χ1n) is 14.5. The molecule has 39 heavy (non-hydrogen) atoms. The third kappa shape index (κ3) is 6.49. The number of aromatic nitrogens is 1. The van der Waals surface area contributed by atoms with Crippen LogP contribution in [0.15, 0.2) is 48.8 Å². The van der Waals surface area contributed by atoms with Crippen molar-refractivity contribution in [1.29, 1.82) is 0 Å². The summed E-state index contributed by atoms with van der Waals surface area (Å²) in [5, 5.41) is 3.18. The molecule has 0 radical (unpaired) electrons. The standard InChI is InChI=1S/C31H41N5O3/c1-21-4-2-5-24(16-21)31(39)36(26-11-12-26)27-13-15-35(30(38)25-6-3-14-33-20-25)28(17-27)29(37)34-19-23-9-7-22(18-32)8-10-23/h2-6,14,16,20,22-23,26-28H,7-13,15,17-19,32H2,1H3,(H,34,37)/t22?,23?,27?,28-/m1/s1. The van der Waals surface area contributed by atoms with Gasteiger partial charge in [0.25, 0.3) is 11.8 Å². The fourth-order valence-corrected chi connectivity index (χ4v) is 6.29. The highest BCUT2D eigenvalue weighted by Gasteiger charge is 2.44. The molecular weight excluding hydrogens is 490 g/mol. The van der Waals surface area contributed by atoms with E-state index in [0.29, 0.717) is 48.9 Å². The van der Waals surface area contributed by atoms with Crippen LogP contribution in [0.2, 0.25) is 0 Å². The van der Waals surface area contributed by atoms with Crippen LogP contribution in [-0.4, -0.2) is 70.3 Å². The Hall–Kier alpha value is -3.26. The van der Waals surface area contributed by atoms with E-state index in [-0.39, 0.29) is 29.8 Å². The summed E-state index contributed by atoms with van der Waals surface area (Å²) in [6.07, 6.45) is 10.6. The van der Waals surface area contributed by atoms with Crippen LogP contribution < -0.4 is 11.1 Å². The summed E-state index contributed by atoms with van der Waals surface area (Å²) in [5.74, 6) is 0.728. The van der Waals surface area contributed by atoms with Gasteiger partial charge in [-0.3, -0.25) is 19.4 Å². The number of amides is 3. The lowest BCUT2D eigenvalue weighted by atomic mass is 9.82. The average molecular weight is 532 g/mol. The SMILES string of the molecule is Cc1cccc(C(=O)N(C2CC2)C2CCN(C(=O)c3cccnc3)[C@@H](C(=O)NCC3CCC(CN)CC3)C2)c1. The van der Waals surface area contributed by atoms with E-state index in [1.54, 1.807) is 29.4 Å². The number of piperidine rings is 1. The molecule has 2 saturated carbocycles. The lowest BCUT2D eigenvalue weighted by molar-refractivity contribution is -0.127. The van der Waals surface area contributed by atoms with Crippen molar-refractivity contribution in [3.63, 3.8) is 0 Å². The fraction of sp³-hybridized carbons (Fsp3) is 0.548. The third-order valence-electron chi connectivity index (χ3n) is 8.74. The minimum absolute atomic E-state index is 0.0223. The smallest absolute Gasteiger partial charge is 0.256 e. The Morgan fingerprint density at radius 1 is 0.974 bits per heavy atom. The molecule has 0 bridgehead atoms. The maximum absolute atomic E-state index is 13.7. The van der Waals surface area contributed by atoms with E-state index in [1.165, 1.54) is 0 Å². The second-order valence-electron chi connectivity index (χ2n) is 11.6. The molecule has 3 aliphatic rings. The van der Waals surface area contributed by atoms with Crippen LogP contribution in [0.3, 0.4) is 0 Å². The van der Waals surface area contributed by atoms with Gasteiger partial charge in [0.2, 0.25) is 5.91 Å². The Labute approximate surface area is 231 Å². The van der Waals surface area contributed by atoms with Gasteiger partial charge in [-0.05, 0) is 101 Å². The molecule has 1 aromatic carbocycles. The molecule has 2 aromatic rings. The second-order valence-corrected chi connectivity index (χ2v) is 11.6. The average Bonchev–Trinajstić information content (AvgIpc) is 3.81. The molecule has 3 fully saturated rings. The molecule has 1 unspecified atom stereocenters. The number of likely N-dealkylation sites (tertiary alicyclic amines) is 1. The number of hydrogen-bond acceptors (Lipinski definition) is 5. The Balaban J connectivity index is 1.33. The molecule has 1 saturated heterocycles. The number of carbonyl (C=O) groups excluding carboxylic acids is 3. The number of rotatable bonds is 8. The Morgan fingerprint density at radius 2 is 1.72 bits per heavy atom. The van der Waals surface area contributed by atoms with E-state index in [9.17, 15) is 14.4 Å². The summed E-state index contributed by atoms with van der Waals surface area (Å²) in [6.45, 7) is 3.75. The van der Waals surface area contributed by atoms with E-state index in [4.69, 9.17) is 5.73 Å². The molecule has 3 amide bonds. The highest BCUT2D eigenvalue weighted by Crippen LogP contribution is 2.35. The minimum Gasteiger partial charge on any atom is -0.354 e. The van der Waals surface area contributed by atoms with Gasteiger partial charge in [-0.15, -0.1) is 0 Å². The lowest BCUT2D eigenvalue weighted by Gasteiger charge is -2.43. The van der Waals surface area contributed by atoms with Crippen molar-refractivity contribution >= 4 is 17.7 Å². The zero-order valence-corrected chi connectivity index (χ0v) is 22.9. The third-order valence-corrected chi connectivity index (χ3v) is 8.74. The fourth-order valence-electron chi connectivity index (χ4n) is 6.29. The molecule has 8 nitrogen and oxygen atoms in total. The largest absolute Gasteiger partial charge is 0.354 e. The summed E-state index contributed by atoms with van der Waals surface area (Å²) in [7, 11) is 0. The van der Waals surface area contributed by atoms with Crippen molar-refractivity contribution in [3.05, 3.63) is 65.5 Å². The zero-order valence-electron chi connectivity index (χ0n) is 22.9. The highest BCUT2D eigenvalue weighted by molar-refractivity contribution is 5.98. The van der Waals surface area contributed by atoms with Gasteiger partial charge in [0, 0.05) is 43.1 Å². The summed E-state index contributed by atoms with van der Waals surface area (Å²) >= 11 is 0. The van der Waals surface area contributed by atoms with Crippen LogP contribution in [0.4, 0.5) is 0 Å². The Bertz CT molecular complexity index is 1160. The first-order chi connectivity index (χ1) is 18.9. The minimum atomic E-state index is -0.636. The maximum atomic E-state index is 13.7. The summed E-state index contributed by atoms with van der Waals surface area (Å²) in [5.41, 5.74) is 8.06. The van der Waals surface area contributed by atoms with Crippen molar-refractivity contribution in [2.24, 2.45) is 17.6 Å². The predicted molar refractivity (Wildman–Crippen MR) is 150 cm³/mol. The van der Waals surface area contributed by atoms with Crippen molar-refractivity contribution in [2.75, 3.05) is 19.6 Å². The monoisotopic (exact) mass is 531 g/mol.